The number of hydrogen-bond acceptors (Lipinski definition) is 2. The summed E-state index contributed by atoms with van der Waals surface area (Å²) in [4.78, 5) is 12.9. The lowest BCUT2D eigenvalue weighted by atomic mass is 10.1. The highest BCUT2D eigenvalue weighted by molar-refractivity contribution is 9.10. The van der Waals surface area contributed by atoms with Gasteiger partial charge in [-0.05, 0) is 54.3 Å². The summed E-state index contributed by atoms with van der Waals surface area (Å²) in [6.07, 6.45) is 0. The largest absolute Gasteiger partial charge is 0.345 e. The lowest BCUT2D eigenvalue weighted by Crippen LogP contribution is -2.25. The monoisotopic (exact) mass is 377 g/mol. The first-order valence-corrected chi connectivity index (χ1v) is 8.39. The van der Waals surface area contributed by atoms with Crippen LogP contribution in [-0.4, -0.2) is 5.91 Å². The zero-order chi connectivity index (χ0) is 15.7. The number of amides is 1. The Morgan fingerprint density at radius 2 is 1.91 bits per heavy atom. The third-order valence-electron chi connectivity index (χ3n) is 3.42. The van der Waals surface area contributed by atoms with Gasteiger partial charge in [0.1, 0.15) is 5.82 Å². The van der Waals surface area contributed by atoms with Gasteiger partial charge in [-0.2, -0.15) is 0 Å². The van der Waals surface area contributed by atoms with Crippen LogP contribution in [0.25, 0.3) is 10.1 Å². The maximum Gasteiger partial charge on any atom is 0.261 e. The SMILES string of the molecule is C[C@H](NC(=O)c1cc2cc(F)ccc2s1)c1ccc(Br)cc1. The third kappa shape index (κ3) is 3.20. The summed E-state index contributed by atoms with van der Waals surface area (Å²) in [5, 5.41) is 3.73. The molecule has 3 rings (SSSR count). The van der Waals surface area contributed by atoms with Crippen molar-refractivity contribution in [3.63, 3.8) is 0 Å². The van der Waals surface area contributed by atoms with Gasteiger partial charge in [0.25, 0.3) is 5.91 Å². The molecule has 0 aliphatic rings. The van der Waals surface area contributed by atoms with E-state index in [0.29, 0.717) is 4.88 Å². The fraction of sp³-hybridized carbons (Fsp3) is 0.118. The number of nitrogens with one attached hydrogen (secondary N) is 1. The maximum atomic E-state index is 13.2. The molecule has 1 atom stereocenters. The highest BCUT2D eigenvalue weighted by Crippen LogP contribution is 2.27. The Hall–Kier alpha value is -1.72. The van der Waals surface area contributed by atoms with Crippen molar-refractivity contribution in [2.24, 2.45) is 0 Å². The normalized spacial score (nSPS) is 12.3. The van der Waals surface area contributed by atoms with Gasteiger partial charge in [-0.15, -0.1) is 11.3 Å². The zero-order valence-corrected chi connectivity index (χ0v) is 14.2. The van der Waals surface area contributed by atoms with Crippen LogP contribution in [0.4, 0.5) is 4.39 Å². The lowest BCUT2D eigenvalue weighted by molar-refractivity contribution is 0.0944. The molecule has 112 valence electrons. The van der Waals surface area contributed by atoms with E-state index in [-0.39, 0.29) is 17.8 Å². The minimum absolute atomic E-state index is 0.0949. The van der Waals surface area contributed by atoms with Gasteiger partial charge in [0.05, 0.1) is 10.9 Å². The molecule has 1 heterocycles. The molecule has 0 aliphatic heterocycles. The Morgan fingerprint density at radius 1 is 1.18 bits per heavy atom. The molecule has 2 nitrogen and oxygen atoms in total. The number of carbonyl (C=O) groups is 1. The second-order valence-corrected chi connectivity index (χ2v) is 7.04. The van der Waals surface area contributed by atoms with Crippen molar-refractivity contribution < 1.29 is 9.18 Å². The molecule has 0 spiro atoms. The molecule has 0 unspecified atom stereocenters. The third-order valence-corrected chi connectivity index (χ3v) is 5.06. The first-order valence-electron chi connectivity index (χ1n) is 6.78. The van der Waals surface area contributed by atoms with Crippen molar-refractivity contribution >= 4 is 43.3 Å². The van der Waals surface area contributed by atoms with E-state index in [1.165, 1.54) is 23.5 Å². The van der Waals surface area contributed by atoms with Crippen LogP contribution in [0.5, 0.6) is 0 Å². The van der Waals surface area contributed by atoms with Crippen LogP contribution in [0.15, 0.2) is 53.0 Å². The first kappa shape index (κ1) is 15.2. The Balaban J connectivity index is 1.79. The van der Waals surface area contributed by atoms with Gasteiger partial charge in [-0.3, -0.25) is 4.79 Å². The number of thiophene rings is 1. The second kappa shape index (κ2) is 6.18. The highest BCUT2D eigenvalue weighted by atomic mass is 79.9. The molecule has 0 saturated heterocycles. The predicted octanol–water partition coefficient (Wildman–Crippen LogP) is 5.29. The zero-order valence-electron chi connectivity index (χ0n) is 11.8. The molecule has 0 radical (unpaired) electrons. The Bertz CT molecular complexity index is 828. The van der Waals surface area contributed by atoms with Gasteiger partial charge < -0.3 is 5.32 Å². The van der Waals surface area contributed by atoms with Crippen molar-refractivity contribution in [2.45, 2.75) is 13.0 Å². The van der Waals surface area contributed by atoms with Crippen LogP contribution in [0.1, 0.15) is 28.2 Å². The Labute approximate surface area is 140 Å². The van der Waals surface area contributed by atoms with Gasteiger partial charge in [-0.1, -0.05) is 28.1 Å². The number of rotatable bonds is 3. The molecule has 1 amide bonds. The van der Waals surface area contributed by atoms with E-state index in [1.807, 2.05) is 31.2 Å². The molecule has 2 aromatic carbocycles. The number of hydrogen-bond donors (Lipinski definition) is 1. The molecule has 0 saturated carbocycles. The molecule has 3 aromatic rings. The highest BCUT2D eigenvalue weighted by Gasteiger charge is 2.14. The molecule has 0 bridgehead atoms. The summed E-state index contributed by atoms with van der Waals surface area (Å²) in [5.74, 6) is -0.433. The van der Waals surface area contributed by atoms with Crippen LogP contribution >= 0.6 is 27.3 Å². The Kier molecular flexibility index (Phi) is 4.27. The summed E-state index contributed by atoms with van der Waals surface area (Å²) in [7, 11) is 0. The summed E-state index contributed by atoms with van der Waals surface area (Å²) >= 11 is 4.76. The van der Waals surface area contributed by atoms with Crippen molar-refractivity contribution in [1.29, 1.82) is 0 Å². The average molecular weight is 378 g/mol. The summed E-state index contributed by atoms with van der Waals surface area (Å²) in [6.45, 7) is 1.94. The first-order chi connectivity index (χ1) is 10.5. The summed E-state index contributed by atoms with van der Waals surface area (Å²) in [5.41, 5.74) is 1.03. The lowest BCUT2D eigenvalue weighted by Gasteiger charge is -2.13. The summed E-state index contributed by atoms with van der Waals surface area (Å²) < 4.78 is 15.1. The quantitative estimate of drug-likeness (QED) is 0.659. The maximum absolute atomic E-state index is 13.2. The van der Waals surface area contributed by atoms with Crippen molar-refractivity contribution in [1.82, 2.24) is 5.32 Å². The fourth-order valence-corrected chi connectivity index (χ4v) is 3.44. The van der Waals surface area contributed by atoms with Crippen molar-refractivity contribution in [3.8, 4) is 0 Å². The molecule has 5 heteroatoms. The van der Waals surface area contributed by atoms with Crippen molar-refractivity contribution in [2.75, 3.05) is 0 Å². The van der Waals surface area contributed by atoms with Crippen molar-refractivity contribution in [3.05, 3.63) is 69.3 Å². The number of fused-ring (bicyclic) bond motifs is 1. The van der Waals surface area contributed by atoms with E-state index < -0.39 is 0 Å². The molecular formula is C17H13BrFNOS. The van der Waals surface area contributed by atoms with E-state index in [4.69, 9.17) is 0 Å². The van der Waals surface area contributed by atoms with Crippen LogP contribution in [0.3, 0.4) is 0 Å². The van der Waals surface area contributed by atoms with E-state index in [2.05, 4.69) is 21.2 Å². The van der Waals surface area contributed by atoms with Crippen LogP contribution in [-0.2, 0) is 0 Å². The van der Waals surface area contributed by atoms with E-state index in [0.717, 1.165) is 20.1 Å². The van der Waals surface area contributed by atoms with Crippen LogP contribution in [0.2, 0.25) is 0 Å². The standard InChI is InChI=1S/C17H13BrFNOS/c1-10(11-2-4-13(18)5-3-11)20-17(21)16-9-12-8-14(19)6-7-15(12)22-16/h2-10H,1H3,(H,20,21)/t10-/m0/s1. The fourth-order valence-electron chi connectivity index (χ4n) is 2.23. The van der Waals surface area contributed by atoms with Gasteiger partial charge in [0, 0.05) is 9.17 Å². The van der Waals surface area contributed by atoms with Crippen LogP contribution < -0.4 is 5.32 Å². The molecule has 0 fully saturated rings. The molecule has 0 aliphatic carbocycles. The second-order valence-electron chi connectivity index (χ2n) is 5.04. The minimum atomic E-state index is -0.291. The summed E-state index contributed by atoms with van der Waals surface area (Å²) in [6, 6.07) is 14.0. The number of benzene rings is 2. The molecule has 1 N–H and O–H groups in total. The molecule has 22 heavy (non-hydrogen) atoms. The number of halogens is 2. The van der Waals surface area contributed by atoms with Gasteiger partial charge in [0.15, 0.2) is 0 Å². The van der Waals surface area contributed by atoms with Gasteiger partial charge >= 0.3 is 0 Å². The predicted molar refractivity (Wildman–Crippen MR) is 91.8 cm³/mol. The van der Waals surface area contributed by atoms with E-state index >= 15 is 0 Å². The molecule has 1 aromatic heterocycles. The Morgan fingerprint density at radius 3 is 2.64 bits per heavy atom. The molecular weight excluding hydrogens is 365 g/mol. The van der Waals surface area contributed by atoms with E-state index in [9.17, 15) is 9.18 Å². The van der Waals surface area contributed by atoms with Gasteiger partial charge in [-0.25, -0.2) is 4.39 Å². The minimum Gasteiger partial charge on any atom is -0.345 e. The number of carbonyl (C=O) groups excluding carboxylic acids is 1. The van der Waals surface area contributed by atoms with E-state index in [1.54, 1.807) is 12.1 Å². The van der Waals surface area contributed by atoms with Gasteiger partial charge in [0.2, 0.25) is 0 Å². The smallest absolute Gasteiger partial charge is 0.261 e. The van der Waals surface area contributed by atoms with Crippen LogP contribution in [0, 0.1) is 5.82 Å². The topological polar surface area (TPSA) is 29.1 Å². The average Bonchev–Trinajstić information content (AvgIpc) is 2.91.